The number of rotatable bonds is 9. The van der Waals surface area contributed by atoms with E-state index in [2.05, 4.69) is 41.9 Å². The molecule has 18 nitrogen and oxygen atoms in total. The van der Waals surface area contributed by atoms with Gasteiger partial charge in [-0.3, -0.25) is 33.6 Å². The molecule has 2 saturated heterocycles. The van der Waals surface area contributed by atoms with Gasteiger partial charge in [0.2, 0.25) is 41.4 Å². The van der Waals surface area contributed by atoms with Crippen LogP contribution < -0.4 is 32.3 Å². The number of carbonyl (C=O) groups excluding carboxylic acids is 7. The summed E-state index contributed by atoms with van der Waals surface area (Å²) in [5.41, 5.74) is 9.68. The van der Waals surface area contributed by atoms with Gasteiger partial charge in [-0.25, -0.2) is 4.68 Å². The van der Waals surface area contributed by atoms with E-state index in [0.717, 1.165) is 32.5 Å². The largest absolute Gasteiger partial charge is 0.370 e. The molecule has 0 radical (unpaired) electrons. The SMILES string of the molecule is CC[C@H](C)[C@@H]1NC(=O)[C@H](CC(N)=O)NC(=O)CCC(=O)NCCCCCNC(=O)[C@H](Cc2c[nH]c3ccccc23)NC(=O)[C@@H]2C[C@H](n3cc(-c4ccc(-c5cccs5)cc4)nn3)CN2C1=O. The number of para-hydroxylation sites is 1. The molecule has 0 spiro atoms. The van der Waals surface area contributed by atoms with Gasteiger partial charge in [0.25, 0.3) is 0 Å². The van der Waals surface area contributed by atoms with Crippen LogP contribution in [0.2, 0.25) is 0 Å². The van der Waals surface area contributed by atoms with Crippen LogP contribution >= 0.6 is 11.3 Å². The first-order valence-corrected chi connectivity index (χ1v) is 23.4. The minimum absolute atomic E-state index is 0.00265. The molecule has 2 aromatic carbocycles. The lowest BCUT2D eigenvalue weighted by Gasteiger charge is -2.32. The van der Waals surface area contributed by atoms with Crippen molar-refractivity contribution >= 4 is 63.6 Å². The fourth-order valence-corrected chi connectivity index (χ4v) is 9.16. The summed E-state index contributed by atoms with van der Waals surface area (Å²) in [6.07, 6.45) is 5.17. The molecule has 66 heavy (non-hydrogen) atoms. The van der Waals surface area contributed by atoms with Gasteiger partial charge in [0.05, 0.1) is 18.7 Å². The van der Waals surface area contributed by atoms with E-state index in [4.69, 9.17) is 5.73 Å². The third-order valence-electron chi connectivity index (χ3n) is 12.4. The maximum absolute atomic E-state index is 15.0. The maximum atomic E-state index is 15.0. The molecule has 0 saturated carbocycles. The standard InChI is InChI=1S/C47H57N11O7S/c1-3-28(2)43-47(65)57-26-32(58-27-37(55-56-58)29-13-15-30(16-14-29)39-12-9-21-66-39)23-38(57)46(64)53-35(22-31-25-51-34-11-6-5-10-33(31)34)44(62)50-20-8-4-7-19-49-41(60)17-18-42(61)52-36(24-40(48)59)45(63)54-43/h5-6,9-16,21,25,27-28,32,35-36,38,43,51H,3-4,7-8,17-20,22-24,26H2,1-2H3,(H2,48,59)(H,49,60)(H,50,62)(H,52,61)(H,53,64)(H,54,63)/t28-,32-,35-,36-,38-,43-/m0/s1. The molecule has 7 amide bonds. The highest BCUT2D eigenvalue weighted by atomic mass is 32.1. The van der Waals surface area contributed by atoms with E-state index in [0.29, 0.717) is 44.5 Å². The number of aromatic amines is 1. The minimum atomic E-state index is -1.44. The van der Waals surface area contributed by atoms with Crippen LogP contribution in [0.25, 0.3) is 32.6 Å². The Balaban J connectivity index is 1.21. The smallest absolute Gasteiger partial charge is 0.246 e. The summed E-state index contributed by atoms with van der Waals surface area (Å²) < 4.78 is 1.64. The van der Waals surface area contributed by atoms with Crippen LogP contribution in [0.3, 0.4) is 0 Å². The molecule has 2 aliphatic rings. The van der Waals surface area contributed by atoms with Gasteiger partial charge < -0.3 is 42.2 Å². The summed E-state index contributed by atoms with van der Waals surface area (Å²) in [4.78, 5) is 101. The highest BCUT2D eigenvalue weighted by Gasteiger charge is 2.45. The maximum Gasteiger partial charge on any atom is 0.246 e. The summed E-state index contributed by atoms with van der Waals surface area (Å²) in [6, 6.07) is 14.3. The Labute approximate surface area is 386 Å². The number of amides is 7. The fraction of sp³-hybridized carbons (Fsp3) is 0.426. The highest BCUT2D eigenvalue weighted by Crippen LogP contribution is 2.32. The molecule has 5 heterocycles. The van der Waals surface area contributed by atoms with Crippen LogP contribution in [-0.4, -0.2) is 110 Å². The van der Waals surface area contributed by atoms with Crippen molar-refractivity contribution in [2.45, 2.75) is 102 Å². The Bertz CT molecular complexity index is 2520. The van der Waals surface area contributed by atoms with E-state index < -0.39 is 78.0 Å². The second-order valence-electron chi connectivity index (χ2n) is 17.0. The van der Waals surface area contributed by atoms with Crippen molar-refractivity contribution in [2.75, 3.05) is 19.6 Å². The van der Waals surface area contributed by atoms with E-state index in [1.807, 2.05) is 79.2 Å². The second-order valence-corrected chi connectivity index (χ2v) is 18.0. The monoisotopic (exact) mass is 919 g/mol. The summed E-state index contributed by atoms with van der Waals surface area (Å²) in [5, 5.41) is 25.9. The topological polar surface area (TPSA) is 255 Å². The first-order valence-electron chi connectivity index (χ1n) is 22.5. The molecule has 2 aliphatic heterocycles. The predicted octanol–water partition coefficient (Wildman–Crippen LogP) is 3.11. The third-order valence-corrected chi connectivity index (χ3v) is 13.3. The summed E-state index contributed by atoms with van der Waals surface area (Å²) in [5.74, 6) is -4.76. The zero-order chi connectivity index (χ0) is 46.7. The van der Waals surface area contributed by atoms with E-state index in [1.165, 1.54) is 4.90 Å². The number of nitrogens with zero attached hydrogens (tertiary/aromatic N) is 4. The lowest BCUT2D eigenvalue weighted by atomic mass is 9.96. The van der Waals surface area contributed by atoms with Crippen molar-refractivity contribution in [2.24, 2.45) is 11.7 Å². The van der Waals surface area contributed by atoms with Gasteiger partial charge in [-0.2, -0.15) is 0 Å². The molecular formula is C47H57N11O7S. The van der Waals surface area contributed by atoms with Crippen LogP contribution in [0.15, 0.2) is 78.4 Å². The van der Waals surface area contributed by atoms with E-state index in [9.17, 15) is 33.6 Å². The molecule has 2 fully saturated rings. The van der Waals surface area contributed by atoms with Crippen LogP contribution in [0, 0.1) is 5.92 Å². The number of primary amides is 1. The molecule has 19 heteroatoms. The number of fused-ring (bicyclic) bond motifs is 2. The molecule has 5 aromatic rings. The van der Waals surface area contributed by atoms with Gasteiger partial charge in [-0.05, 0) is 53.8 Å². The molecule has 8 N–H and O–H groups in total. The normalized spacial score (nSPS) is 22.7. The fourth-order valence-electron chi connectivity index (χ4n) is 8.43. The Morgan fingerprint density at radius 1 is 0.833 bits per heavy atom. The van der Waals surface area contributed by atoms with Crippen molar-refractivity contribution in [1.29, 1.82) is 0 Å². The quantitative estimate of drug-likeness (QED) is 0.115. The number of H-pyrrole nitrogens is 1. The first kappa shape index (κ1) is 47.1. The van der Waals surface area contributed by atoms with E-state index >= 15 is 0 Å². The predicted molar refractivity (Wildman–Crippen MR) is 248 cm³/mol. The van der Waals surface area contributed by atoms with E-state index in [1.54, 1.807) is 29.1 Å². The lowest BCUT2D eigenvalue weighted by Crippen LogP contribution is -2.59. The zero-order valence-corrected chi connectivity index (χ0v) is 37.9. The number of thiophene rings is 1. The van der Waals surface area contributed by atoms with Crippen molar-refractivity contribution in [3.05, 3.63) is 84.0 Å². The molecular weight excluding hydrogens is 863 g/mol. The van der Waals surface area contributed by atoms with Crippen LogP contribution in [0.1, 0.15) is 76.8 Å². The third kappa shape index (κ3) is 11.7. The van der Waals surface area contributed by atoms with Gasteiger partial charge in [0.15, 0.2) is 0 Å². The average molecular weight is 920 g/mol. The number of hydrogen-bond donors (Lipinski definition) is 7. The Hall–Kier alpha value is -6.89. The average Bonchev–Trinajstić information content (AvgIpc) is 4.16. The second kappa shape index (κ2) is 21.9. The molecule has 3 aromatic heterocycles. The number of hydrogen-bond acceptors (Lipinski definition) is 10. The highest BCUT2D eigenvalue weighted by molar-refractivity contribution is 7.13. The molecule has 0 bridgehead atoms. The van der Waals surface area contributed by atoms with Gasteiger partial charge in [-0.1, -0.05) is 74.0 Å². The Morgan fingerprint density at radius 2 is 1.58 bits per heavy atom. The van der Waals surface area contributed by atoms with Crippen LogP contribution in [0.4, 0.5) is 0 Å². The van der Waals surface area contributed by atoms with Crippen LogP contribution in [0.5, 0.6) is 0 Å². The number of nitrogens with one attached hydrogen (secondary N) is 6. The number of aromatic nitrogens is 4. The van der Waals surface area contributed by atoms with Gasteiger partial charge >= 0.3 is 0 Å². The first-order chi connectivity index (χ1) is 31.9. The Morgan fingerprint density at radius 3 is 2.32 bits per heavy atom. The molecule has 348 valence electrons. The van der Waals surface area contributed by atoms with Gasteiger partial charge in [0, 0.05) is 72.9 Å². The van der Waals surface area contributed by atoms with Crippen molar-refractivity contribution in [1.82, 2.24) is 51.5 Å². The number of nitrogens with two attached hydrogens (primary N) is 1. The van der Waals surface area contributed by atoms with Crippen molar-refractivity contribution < 1.29 is 33.6 Å². The van der Waals surface area contributed by atoms with Crippen molar-refractivity contribution in [3.8, 4) is 21.7 Å². The lowest BCUT2D eigenvalue weighted by molar-refractivity contribution is -0.143. The van der Waals surface area contributed by atoms with Crippen molar-refractivity contribution in [3.63, 3.8) is 0 Å². The van der Waals surface area contributed by atoms with Gasteiger partial charge in [0.1, 0.15) is 29.9 Å². The molecule has 0 unspecified atom stereocenters. The summed E-state index contributed by atoms with van der Waals surface area (Å²) >= 11 is 1.64. The Kier molecular flexibility index (Phi) is 15.6. The molecule has 6 atom stereocenters. The van der Waals surface area contributed by atoms with E-state index in [-0.39, 0.29) is 38.1 Å². The molecule has 7 rings (SSSR count). The number of carbonyl (C=O) groups is 7. The molecule has 0 aliphatic carbocycles. The van der Waals surface area contributed by atoms with Gasteiger partial charge in [-0.15, -0.1) is 16.4 Å². The van der Waals surface area contributed by atoms with Crippen LogP contribution in [-0.2, 0) is 40.0 Å². The minimum Gasteiger partial charge on any atom is -0.370 e. The number of benzene rings is 2. The summed E-state index contributed by atoms with van der Waals surface area (Å²) in [6.45, 7) is 4.29. The summed E-state index contributed by atoms with van der Waals surface area (Å²) in [7, 11) is 0. The zero-order valence-electron chi connectivity index (χ0n) is 37.1.